The van der Waals surface area contributed by atoms with Crippen molar-refractivity contribution >= 4 is 27.6 Å². The lowest BCUT2D eigenvalue weighted by Crippen LogP contribution is -2.15. The number of nitrogens with two attached hydrogens (primary N) is 1. The van der Waals surface area contributed by atoms with E-state index in [0.717, 1.165) is 35.7 Å². The lowest BCUT2D eigenvalue weighted by Gasteiger charge is -2.13. The van der Waals surface area contributed by atoms with E-state index >= 15 is 0 Å². The predicted molar refractivity (Wildman–Crippen MR) is 97.0 cm³/mol. The Morgan fingerprint density at radius 3 is 2.54 bits per heavy atom. The van der Waals surface area contributed by atoms with Gasteiger partial charge in [0.05, 0.1) is 11.3 Å². The second-order valence-electron chi connectivity index (χ2n) is 5.98. The number of hydrogen-bond acceptors (Lipinski definition) is 4. The zero-order valence-electron chi connectivity index (χ0n) is 13.3. The van der Waals surface area contributed by atoms with E-state index in [1.807, 2.05) is 24.3 Å². The molecule has 0 atom stereocenters. The highest BCUT2D eigenvalue weighted by atomic mass is 79.9. The van der Waals surface area contributed by atoms with E-state index in [2.05, 4.69) is 15.9 Å². The molecule has 0 radical (unpaired) electrons. The minimum absolute atomic E-state index is 0.0437. The summed E-state index contributed by atoms with van der Waals surface area (Å²) in [5.74, 6) is 0.189. The topological polar surface area (TPSA) is 61.6 Å². The summed E-state index contributed by atoms with van der Waals surface area (Å²) >= 11 is 3.40. The lowest BCUT2D eigenvalue weighted by molar-refractivity contribution is 0.0317. The number of hydrogen-bond donors (Lipinski definition) is 1. The fraction of sp³-hybridized carbons (Fsp3) is 0.316. The zero-order chi connectivity index (χ0) is 16.9. The maximum atomic E-state index is 12.3. The van der Waals surface area contributed by atoms with Crippen LogP contribution in [0.15, 0.2) is 46.9 Å². The largest absolute Gasteiger partial charge is 0.487 e. The molecule has 4 nitrogen and oxygen atoms in total. The van der Waals surface area contributed by atoms with Gasteiger partial charge in [-0.05, 0) is 61.6 Å². The second-order valence-corrected chi connectivity index (χ2v) is 6.90. The van der Waals surface area contributed by atoms with Crippen molar-refractivity contribution in [1.82, 2.24) is 0 Å². The van der Waals surface area contributed by atoms with Gasteiger partial charge >= 0.3 is 5.97 Å². The highest BCUT2D eigenvalue weighted by molar-refractivity contribution is 9.10. The molecule has 0 unspecified atom stereocenters. The number of halogens is 1. The number of nitrogen functional groups attached to an aromatic ring is 1. The SMILES string of the molecule is Nc1ccc(C(=O)OC2CCCC2)cc1OCc1ccc(Br)cc1. The molecule has 1 aliphatic rings. The van der Waals surface area contributed by atoms with Crippen molar-refractivity contribution in [3.8, 4) is 5.75 Å². The molecule has 2 aromatic carbocycles. The second kappa shape index (κ2) is 7.71. The fourth-order valence-corrected chi connectivity index (χ4v) is 3.02. The van der Waals surface area contributed by atoms with E-state index in [0.29, 0.717) is 23.6 Å². The van der Waals surface area contributed by atoms with Gasteiger partial charge in [-0.25, -0.2) is 4.79 Å². The third kappa shape index (κ3) is 4.29. The van der Waals surface area contributed by atoms with Crippen LogP contribution >= 0.6 is 15.9 Å². The Bertz CT molecular complexity index is 709. The van der Waals surface area contributed by atoms with Crippen molar-refractivity contribution in [2.75, 3.05) is 5.73 Å². The van der Waals surface area contributed by atoms with Crippen molar-refractivity contribution in [3.63, 3.8) is 0 Å². The molecule has 0 amide bonds. The number of rotatable bonds is 5. The minimum Gasteiger partial charge on any atom is -0.487 e. The van der Waals surface area contributed by atoms with Crippen molar-refractivity contribution in [2.24, 2.45) is 0 Å². The smallest absolute Gasteiger partial charge is 0.338 e. The quantitative estimate of drug-likeness (QED) is 0.593. The Morgan fingerprint density at radius 2 is 1.83 bits per heavy atom. The van der Waals surface area contributed by atoms with Gasteiger partial charge in [0.2, 0.25) is 0 Å². The van der Waals surface area contributed by atoms with Crippen LogP contribution in [0.25, 0.3) is 0 Å². The Balaban J connectivity index is 1.66. The van der Waals surface area contributed by atoms with E-state index < -0.39 is 0 Å². The molecule has 5 heteroatoms. The first-order valence-corrected chi connectivity index (χ1v) is 8.89. The molecule has 0 aliphatic heterocycles. The Labute approximate surface area is 150 Å². The van der Waals surface area contributed by atoms with Crippen LogP contribution in [0.5, 0.6) is 5.75 Å². The van der Waals surface area contributed by atoms with Crippen LogP contribution in [-0.4, -0.2) is 12.1 Å². The minimum atomic E-state index is -0.310. The normalized spacial score (nSPS) is 14.5. The van der Waals surface area contributed by atoms with E-state index in [4.69, 9.17) is 15.2 Å². The van der Waals surface area contributed by atoms with Crippen LogP contribution in [0.2, 0.25) is 0 Å². The van der Waals surface area contributed by atoms with Gasteiger partial charge in [0.15, 0.2) is 0 Å². The van der Waals surface area contributed by atoms with E-state index in [1.165, 1.54) is 0 Å². The molecule has 24 heavy (non-hydrogen) atoms. The van der Waals surface area contributed by atoms with Crippen LogP contribution < -0.4 is 10.5 Å². The van der Waals surface area contributed by atoms with Gasteiger partial charge < -0.3 is 15.2 Å². The van der Waals surface area contributed by atoms with Gasteiger partial charge in [0, 0.05) is 4.47 Å². The Kier molecular flexibility index (Phi) is 5.41. The molecule has 2 N–H and O–H groups in total. The predicted octanol–water partition coefficient (Wildman–Crippen LogP) is 4.71. The molecule has 0 spiro atoms. The number of carbonyl (C=O) groups excluding carboxylic acids is 1. The van der Waals surface area contributed by atoms with E-state index in [1.54, 1.807) is 18.2 Å². The third-order valence-corrected chi connectivity index (χ3v) is 4.66. The highest BCUT2D eigenvalue weighted by Crippen LogP contribution is 2.26. The molecule has 1 saturated carbocycles. The molecule has 126 valence electrons. The molecule has 1 aliphatic carbocycles. The van der Waals surface area contributed by atoms with Crippen molar-refractivity contribution < 1.29 is 14.3 Å². The fourth-order valence-electron chi connectivity index (χ4n) is 2.75. The molecule has 0 heterocycles. The van der Waals surface area contributed by atoms with Crippen LogP contribution in [0, 0.1) is 0 Å². The summed E-state index contributed by atoms with van der Waals surface area (Å²) in [7, 11) is 0. The molecule has 0 bridgehead atoms. The maximum Gasteiger partial charge on any atom is 0.338 e. The average Bonchev–Trinajstić information content (AvgIpc) is 3.08. The number of ether oxygens (including phenoxy) is 2. The van der Waals surface area contributed by atoms with Gasteiger partial charge in [-0.3, -0.25) is 0 Å². The van der Waals surface area contributed by atoms with Gasteiger partial charge in [0.25, 0.3) is 0 Å². The average molecular weight is 390 g/mol. The Morgan fingerprint density at radius 1 is 1.12 bits per heavy atom. The number of anilines is 1. The molecular weight excluding hydrogens is 370 g/mol. The summed E-state index contributed by atoms with van der Waals surface area (Å²) in [6.45, 7) is 0.388. The van der Waals surface area contributed by atoms with Gasteiger partial charge in [-0.1, -0.05) is 28.1 Å². The Hall–Kier alpha value is -2.01. The summed E-state index contributed by atoms with van der Waals surface area (Å²) in [6, 6.07) is 12.9. The first kappa shape index (κ1) is 16.8. The van der Waals surface area contributed by atoms with Crippen molar-refractivity contribution in [3.05, 3.63) is 58.1 Å². The zero-order valence-corrected chi connectivity index (χ0v) is 14.9. The summed E-state index contributed by atoms with van der Waals surface area (Å²) in [5, 5.41) is 0. The van der Waals surface area contributed by atoms with Crippen LogP contribution in [0.4, 0.5) is 5.69 Å². The van der Waals surface area contributed by atoms with Crippen LogP contribution in [-0.2, 0) is 11.3 Å². The summed E-state index contributed by atoms with van der Waals surface area (Å²) in [4.78, 5) is 12.3. The highest BCUT2D eigenvalue weighted by Gasteiger charge is 2.20. The van der Waals surface area contributed by atoms with Gasteiger partial charge in [0.1, 0.15) is 18.5 Å². The molecule has 1 fully saturated rings. The lowest BCUT2D eigenvalue weighted by atomic mass is 10.2. The summed E-state index contributed by atoms with van der Waals surface area (Å²) in [6.07, 6.45) is 4.20. The molecule has 2 aromatic rings. The van der Waals surface area contributed by atoms with Gasteiger partial charge in [-0.2, -0.15) is 0 Å². The molecule has 0 aromatic heterocycles. The number of carbonyl (C=O) groups is 1. The molecule has 3 rings (SSSR count). The van der Waals surface area contributed by atoms with Crippen LogP contribution in [0.3, 0.4) is 0 Å². The van der Waals surface area contributed by atoms with Gasteiger partial charge in [-0.15, -0.1) is 0 Å². The van der Waals surface area contributed by atoms with E-state index in [-0.39, 0.29) is 12.1 Å². The van der Waals surface area contributed by atoms with Crippen LogP contribution in [0.1, 0.15) is 41.6 Å². The van der Waals surface area contributed by atoms with Crippen molar-refractivity contribution in [1.29, 1.82) is 0 Å². The third-order valence-electron chi connectivity index (χ3n) is 4.13. The molecular formula is C19H20BrNO3. The van der Waals surface area contributed by atoms with Crippen molar-refractivity contribution in [2.45, 2.75) is 38.4 Å². The first-order valence-electron chi connectivity index (χ1n) is 8.09. The number of benzene rings is 2. The van der Waals surface area contributed by atoms with E-state index in [9.17, 15) is 4.79 Å². The molecule has 0 saturated heterocycles. The number of esters is 1. The summed E-state index contributed by atoms with van der Waals surface area (Å²) in [5.41, 5.74) is 7.96. The maximum absolute atomic E-state index is 12.3. The summed E-state index contributed by atoms with van der Waals surface area (Å²) < 4.78 is 12.3. The monoisotopic (exact) mass is 389 g/mol. The standard InChI is InChI=1S/C19H20BrNO3/c20-15-8-5-13(6-9-15)12-23-18-11-14(7-10-17(18)21)19(22)24-16-3-1-2-4-16/h5-11,16H,1-4,12,21H2. The first-order chi connectivity index (χ1) is 11.6.